The lowest BCUT2D eigenvalue weighted by molar-refractivity contribution is -0.137. The fraction of sp³-hybridized carbons (Fsp3) is 0.278. The van der Waals surface area contributed by atoms with Crippen molar-refractivity contribution in [2.45, 2.75) is 19.5 Å². The first-order chi connectivity index (χ1) is 11.5. The SMILES string of the molecule is COc1cccc(CN(CCC(=O)O)Cc2ccc(Cl)c(Cl)c2)c1. The number of methoxy groups -OCH3 is 1. The Hall–Kier alpha value is -1.75. The second-order valence-corrected chi connectivity index (χ2v) is 6.27. The third kappa shape index (κ3) is 5.71. The van der Waals surface area contributed by atoms with E-state index in [2.05, 4.69) is 4.90 Å². The molecule has 0 aromatic heterocycles. The number of benzene rings is 2. The Morgan fingerprint density at radius 2 is 1.79 bits per heavy atom. The lowest BCUT2D eigenvalue weighted by atomic mass is 10.1. The molecule has 2 aromatic carbocycles. The minimum atomic E-state index is -0.820. The van der Waals surface area contributed by atoms with Crippen molar-refractivity contribution in [2.24, 2.45) is 0 Å². The molecule has 0 unspecified atom stereocenters. The first-order valence-electron chi connectivity index (χ1n) is 7.49. The van der Waals surface area contributed by atoms with Gasteiger partial charge in [-0.2, -0.15) is 0 Å². The van der Waals surface area contributed by atoms with E-state index in [4.69, 9.17) is 33.0 Å². The van der Waals surface area contributed by atoms with E-state index in [0.29, 0.717) is 29.7 Å². The predicted octanol–water partition coefficient (Wildman–Crippen LogP) is 4.48. The average Bonchev–Trinajstić information content (AvgIpc) is 2.56. The summed E-state index contributed by atoms with van der Waals surface area (Å²) in [7, 11) is 1.62. The molecule has 2 aromatic rings. The molecule has 128 valence electrons. The number of halogens is 2. The van der Waals surface area contributed by atoms with Gasteiger partial charge in [0, 0.05) is 19.6 Å². The number of hydrogen-bond donors (Lipinski definition) is 1. The van der Waals surface area contributed by atoms with Gasteiger partial charge in [-0.3, -0.25) is 9.69 Å². The topological polar surface area (TPSA) is 49.8 Å². The van der Waals surface area contributed by atoms with Gasteiger partial charge >= 0.3 is 5.97 Å². The summed E-state index contributed by atoms with van der Waals surface area (Å²) in [5.74, 6) is -0.0417. The van der Waals surface area contributed by atoms with E-state index in [9.17, 15) is 4.79 Å². The maximum Gasteiger partial charge on any atom is 0.304 e. The molecular weight excluding hydrogens is 349 g/mol. The van der Waals surface area contributed by atoms with Crippen LogP contribution in [0.25, 0.3) is 0 Å². The first-order valence-corrected chi connectivity index (χ1v) is 8.24. The van der Waals surface area contributed by atoms with E-state index in [1.807, 2.05) is 36.4 Å². The Kier molecular flexibility index (Phi) is 6.91. The molecule has 0 spiro atoms. The molecule has 1 N–H and O–H groups in total. The van der Waals surface area contributed by atoms with E-state index in [0.717, 1.165) is 16.9 Å². The molecule has 0 aliphatic carbocycles. The zero-order valence-electron chi connectivity index (χ0n) is 13.3. The number of hydrogen-bond acceptors (Lipinski definition) is 3. The molecule has 0 saturated carbocycles. The van der Waals surface area contributed by atoms with Crippen LogP contribution in [0.15, 0.2) is 42.5 Å². The number of carboxylic acid groups (broad SMARTS) is 1. The van der Waals surface area contributed by atoms with Crippen molar-refractivity contribution in [1.82, 2.24) is 4.90 Å². The normalized spacial score (nSPS) is 10.8. The van der Waals surface area contributed by atoms with Gasteiger partial charge in [0.2, 0.25) is 0 Å². The van der Waals surface area contributed by atoms with Crippen LogP contribution >= 0.6 is 23.2 Å². The third-order valence-corrected chi connectivity index (χ3v) is 4.31. The molecule has 0 aliphatic rings. The highest BCUT2D eigenvalue weighted by Crippen LogP contribution is 2.24. The number of rotatable bonds is 8. The molecule has 0 radical (unpaired) electrons. The van der Waals surface area contributed by atoms with E-state index < -0.39 is 5.97 Å². The van der Waals surface area contributed by atoms with Crippen molar-refractivity contribution < 1.29 is 14.6 Å². The van der Waals surface area contributed by atoms with Crippen LogP contribution in [0.2, 0.25) is 10.0 Å². The Morgan fingerprint density at radius 3 is 2.42 bits per heavy atom. The van der Waals surface area contributed by atoms with Crippen molar-refractivity contribution in [3.63, 3.8) is 0 Å². The van der Waals surface area contributed by atoms with Gasteiger partial charge in [-0.25, -0.2) is 0 Å². The molecule has 0 aliphatic heterocycles. The smallest absolute Gasteiger partial charge is 0.304 e. The Morgan fingerprint density at radius 1 is 1.08 bits per heavy atom. The maximum atomic E-state index is 10.9. The maximum absolute atomic E-state index is 10.9. The van der Waals surface area contributed by atoms with Crippen molar-refractivity contribution >= 4 is 29.2 Å². The van der Waals surface area contributed by atoms with Gasteiger partial charge in [0.05, 0.1) is 23.6 Å². The predicted molar refractivity (Wildman–Crippen MR) is 95.8 cm³/mol. The summed E-state index contributed by atoms with van der Waals surface area (Å²) < 4.78 is 5.24. The minimum absolute atomic E-state index is 0.0747. The van der Waals surface area contributed by atoms with E-state index in [-0.39, 0.29) is 6.42 Å². The Balaban J connectivity index is 2.13. The lowest BCUT2D eigenvalue weighted by Crippen LogP contribution is -2.25. The fourth-order valence-electron chi connectivity index (χ4n) is 2.39. The van der Waals surface area contributed by atoms with Crippen LogP contribution in [0.5, 0.6) is 5.75 Å². The van der Waals surface area contributed by atoms with E-state index in [1.165, 1.54) is 0 Å². The number of carboxylic acids is 1. The molecule has 24 heavy (non-hydrogen) atoms. The van der Waals surface area contributed by atoms with Crippen LogP contribution in [0.1, 0.15) is 17.5 Å². The molecule has 0 bridgehead atoms. The molecule has 6 heteroatoms. The Bertz CT molecular complexity index is 706. The summed E-state index contributed by atoms with van der Waals surface area (Å²) in [5.41, 5.74) is 2.04. The standard InChI is InChI=1S/C18H19Cl2NO3/c1-24-15-4-2-3-13(9-15)11-21(8-7-18(22)23)12-14-5-6-16(19)17(20)10-14/h2-6,9-10H,7-8,11-12H2,1H3,(H,22,23). The monoisotopic (exact) mass is 367 g/mol. The molecule has 4 nitrogen and oxygen atoms in total. The van der Waals surface area contributed by atoms with Crippen LogP contribution in [-0.4, -0.2) is 29.6 Å². The van der Waals surface area contributed by atoms with E-state index >= 15 is 0 Å². The Labute approximate surface area is 151 Å². The summed E-state index contributed by atoms with van der Waals surface area (Å²) in [6.07, 6.45) is 0.0747. The van der Waals surface area contributed by atoms with Gasteiger partial charge in [0.25, 0.3) is 0 Å². The molecule has 0 amide bonds. The summed E-state index contributed by atoms with van der Waals surface area (Å²) in [6.45, 7) is 1.64. The quantitative estimate of drug-likeness (QED) is 0.747. The van der Waals surface area contributed by atoms with Crippen LogP contribution in [0.3, 0.4) is 0 Å². The highest BCUT2D eigenvalue weighted by molar-refractivity contribution is 6.42. The molecule has 0 saturated heterocycles. The van der Waals surface area contributed by atoms with Crippen LogP contribution in [0, 0.1) is 0 Å². The van der Waals surface area contributed by atoms with Crippen molar-refractivity contribution in [2.75, 3.05) is 13.7 Å². The zero-order chi connectivity index (χ0) is 17.5. The highest BCUT2D eigenvalue weighted by atomic mass is 35.5. The summed E-state index contributed by atoms with van der Waals surface area (Å²) in [4.78, 5) is 13.0. The van der Waals surface area contributed by atoms with Crippen molar-refractivity contribution in [1.29, 1.82) is 0 Å². The van der Waals surface area contributed by atoms with E-state index in [1.54, 1.807) is 13.2 Å². The average molecular weight is 368 g/mol. The van der Waals surface area contributed by atoms with Gasteiger partial charge in [-0.1, -0.05) is 41.4 Å². The lowest BCUT2D eigenvalue weighted by Gasteiger charge is -2.22. The number of nitrogens with zero attached hydrogens (tertiary/aromatic N) is 1. The molecule has 0 heterocycles. The fourth-order valence-corrected chi connectivity index (χ4v) is 2.71. The van der Waals surface area contributed by atoms with Gasteiger partial charge < -0.3 is 9.84 Å². The molecular formula is C18H19Cl2NO3. The van der Waals surface area contributed by atoms with Crippen LogP contribution in [0.4, 0.5) is 0 Å². The zero-order valence-corrected chi connectivity index (χ0v) is 14.8. The van der Waals surface area contributed by atoms with Gasteiger partial charge in [-0.05, 0) is 35.4 Å². The molecule has 0 atom stereocenters. The molecule has 0 fully saturated rings. The highest BCUT2D eigenvalue weighted by Gasteiger charge is 2.11. The number of ether oxygens (including phenoxy) is 1. The second-order valence-electron chi connectivity index (χ2n) is 5.45. The second kappa shape index (κ2) is 8.92. The first kappa shape index (κ1) is 18.6. The summed E-state index contributed by atoms with van der Waals surface area (Å²) in [6, 6.07) is 13.2. The number of carbonyl (C=O) groups is 1. The summed E-state index contributed by atoms with van der Waals surface area (Å²) in [5, 5.41) is 9.97. The van der Waals surface area contributed by atoms with Gasteiger partial charge in [0.1, 0.15) is 5.75 Å². The van der Waals surface area contributed by atoms with Crippen LogP contribution < -0.4 is 4.74 Å². The van der Waals surface area contributed by atoms with Crippen LogP contribution in [-0.2, 0) is 17.9 Å². The van der Waals surface area contributed by atoms with Crippen molar-refractivity contribution in [3.05, 3.63) is 63.6 Å². The molecule has 2 rings (SSSR count). The van der Waals surface area contributed by atoms with Gasteiger partial charge in [-0.15, -0.1) is 0 Å². The summed E-state index contributed by atoms with van der Waals surface area (Å²) >= 11 is 12.0. The minimum Gasteiger partial charge on any atom is -0.497 e. The number of aliphatic carboxylic acids is 1. The van der Waals surface area contributed by atoms with Gasteiger partial charge in [0.15, 0.2) is 0 Å². The van der Waals surface area contributed by atoms with Crippen molar-refractivity contribution in [3.8, 4) is 5.75 Å². The largest absolute Gasteiger partial charge is 0.497 e. The third-order valence-electron chi connectivity index (χ3n) is 3.57.